The first-order valence-corrected chi connectivity index (χ1v) is 9.32. The lowest BCUT2D eigenvalue weighted by atomic mass is 10.1. The fourth-order valence-electron chi connectivity index (χ4n) is 3.77. The minimum absolute atomic E-state index is 0.653. The molecule has 3 heterocycles. The van der Waals surface area contributed by atoms with Gasteiger partial charge in [-0.05, 0) is 31.0 Å². The van der Waals surface area contributed by atoms with Gasteiger partial charge in [0, 0.05) is 37.8 Å². The SMILES string of the molecule is COc1cncnc1N1CCN(CCCc2cn(F)c3ccccc23)CC1. The molecule has 0 aliphatic carbocycles. The number of halogens is 1. The number of benzene rings is 1. The third-order valence-corrected chi connectivity index (χ3v) is 5.22. The third-order valence-electron chi connectivity index (χ3n) is 5.22. The molecule has 27 heavy (non-hydrogen) atoms. The first-order valence-electron chi connectivity index (χ1n) is 9.32. The molecule has 6 nitrogen and oxygen atoms in total. The maximum atomic E-state index is 13.9. The van der Waals surface area contributed by atoms with Crippen molar-refractivity contribution in [2.75, 3.05) is 44.7 Å². The molecule has 1 saturated heterocycles. The smallest absolute Gasteiger partial charge is 0.179 e. The van der Waals surface area contributed by atoms with E-state index < -0.39 is 0 Å². The minimum Gasteiger partial charge on any atom is -0.491 e. The van der Waals surface area contributed by atoms with Crippen LogP contribution in [0.3, 0.4) is 0 Å². The van der Waals surface area contributed by atoms with Crippen LogP contribution in [-0.2, 0) is 6.42 Å². The van der Waals surface area contributed by atoms with E-state index in [-0.39, 0.29) is 0 Å². The van der Waals surface area contributed by atoms with E-state index in [1.165, 1.54) is 0 Å². The second-order valence-corrected chi connectivity index (χ2v) is 6.83. The summed E-state index contributed by atoms with van der Waals surface area (Å²) >= 11 is 0. The first-order chi connectivity index (χ1) is 13.3. The van der Waals surface area contributed by atoms with Crippen molar-refractivity contribution in [2.45, 2.75) is 12.8 Å². The lowest BCUT2D eigenvalue weighted by Gasteiger charge is -2.35. The Morgan fingerprint density at radius 2 is 1.96 bits per heavy atom. The molecule has 1 fully saturated rings. The topological polar surface area (TPSA) is 46.4 Å². The predicted octanol–water partition coefficient (Wildman–Crippen LogP) is 2.93. The lowest BCUT2D eigenvalue weighted by molar-refractivity contribution is 0.253. The number of anilines is 1. The molecule has 3 aromatic rings. The molecule has 0 unspecified atom stereocenters. The normalized spacial score (nSPS) is 15.4. The maximum absolute atomic E-state index is 13.9. The molecule has 7 heteroatoms. The van der Waals surface area contributed by atoms with E-state index in [9.17, 15) is 4.48 Å². The Morgan fingerprint density at radius 3 is 2.78 bits per heavy atom. The molecule has 0 spiro atoms. The van der Waals surface area contributed by atoms with Gasteiger partial charge in [-0.3, -0.25) is 4.90 Å². The van der Waals surface area contributed by atoms with Gasteiger partial charge in [-0.15, -0.1) is 0 Å². The fraction of sp³-hybridized carbons (Fsp3) is 0.400. The second-order valence-electron chi connectivity index (χ2n) is 6.83. The van der Waals surface area contributed by atoms with E-state index in [1.54, 1.807) is 25.8 Å². The number of ether oxygens (including phenoxy) is 1. The molecule has 142 valence electrons. The van der Waals surface area contributed by atoms with Crippen molar-refractivity contribution in [1.29, 1.82) is 0 Å². The molecule has 2 aromatic heterocycles. The summed E-state index contributed by atoms with van der Waals surface area (Å²) < 4.78 is 19.3. The molecular formula is C20H24FN5O. The molecule has 0 amide bonds. The molecule has 1 aliphatic rings. The molecule has 0 bridgehead atoms. The quantitative estimate of drug-likeness (QED) is 0.669. The molecular weight excluding hydrogens is 345 g/mol. The van der Waals surface area contributed by atoms with Gasteiger partial charge in [0.2, 0.25) is 0 Å². The summed E-state index contributed by atoms with van der Waals surface area (Å²) in [5.41, 5.74) is 1.73. The van der Waals surface area contributed by atoms with E-state index in [0.29, 0.717) is 11.3 Å². The van der Waals surface area contributed by atoms with Gasteiger partial charge in [0.25, 0.3) is 0 Å². The number of nitrogens with zero attached hydrogens (tertiary/aromatic N) is 5. The number of hydrogen-bond acceptors (Lipinski definition) is 5. The Balaban J connectivity index is 1.30. The summed E-state index contributed by atoms with van der Waals surface area (Å²) in [5.74, 6) is 1.58. The Bertz CT molecular complexity index is 904. The van der Waals surface area contributed by atoms with Crippen molar-refractivity contribution in [1.82, 2.24) is 19.7 Å². The fourth-order valence-corrected chi connectivity index (χ4v) is 3.77. The van der Waals surface area contributed by atoms with Crippen LogP contribution in [0.25, 0.3) is 10.9 Å². The van der Waals surface area contributed by atoms with Gasteiger partial charge >= 0.3 is 0 Å². The average Bonchev–Trinajstić information content (AvgIpc) is 3.04. The van der Waals surface area contributed by atoms with Gasteiger partial charge < -0.3 is 9.64 Å². The highest BCUT2D eigenvalue weighted by atomic mass is 19.2. The van der Waals surface area contributed by atoms with Crippen molar-refractivity contribution >= 4 is 16.7 Å². The standard InChI is InChI=1S/C20H24FN5O/c1-27-19-13-22-15-23-20(19)25-11-9-24(10-12-25)8-4-5-16-14-26(21)18-7-3-2-6-17(16)18/h2-3,6-7,13-15H,4-5,8-12H2,1H3. The molecule has 0 atom stereocenters. The summed E-state index contributed by atoms with van der Waals surface area (Å²) in [7, 11) is 1.65. The zero-order valence-corrected chi connectivity index (χ0v) is 15.5. The molecule has 1 aliphatic heterocycles. The van der Waals surface area contributed by atoms with Crippen LogP contribution in [0.2, 0.25) is 0 Å². The summed E-state index contributed by atoms with van der Waals surface area (Å²) in [4.78, 5) is 13.8. The third kappa shape index (κ3) is 3.73. The van der Waals surface area contributed by atoms with Crippen LogP contribution in [0.15, 0.2) is 43.0 Å². The highest BCUT2D eigenvalue weighted by Crippen LogP contribution is 2.25. The van der Waals surface area contributed by atoms with Crippen LogP contribution in [0.4, 0.5) is 10.3 Å². The predicted molar refractivity (Wildman–Crippen MR) is 104 cm³/mol. The van der Waals surface area contributed by atoms with E-state index in [1.807, 2.05) is 24.3 Å². The number of rotatable bonds is 6. The molecule has 0 saturated carbocycles. The number of piperazine rings is 1. The van der Waals surface area contributed by atoms with Crippen molar-refractivity contribution in [3.05, 3.63) is 48.5 Å². The highest BCUT2D eigenvalue weighted by molar-refractivity contribution is 5.83. The average molecular weight is 369 g/mol. The zero-order valence-electron chi connectivity index (χ0n) is 15.5. The molecule has 0 radical (unpaired) electrons. The van der Waals surface area contributed by atoms with Crippen molar-refractivity contribution < 1.29 is 9.22 Å². The summed E-state index contributed by atoms with van der Waals surface area (Å²) in [6.07, 6.45) is 6.79. The number of methoxy groups -OCH3 is 1. The second kappa shape index (κ2) is 7.92. The van der Waals surface area contributed by atoms with Gasteiger partial charge in [-0.25, -0.2) is 9.97 Å². The molecule has 4 rings (SSSR count). The van der Waals surface area contributed by atoms with Gasteiger partial charge in [-0.2, -0.15) is 4.79 Å². The van der Waals surface area contributed by atoms with E-state index in [0.717, 1.165) is 67.1 Å². The van der Waals surface area contributed by atoms with Crippen LogP contribution in [-0.4, -0.2) is 59.5 Å². The lowest BCUT2D eigenvalue weighted by Crippen LogP contribution is -2.47. The highest BCUT2D eigenvalue weighted by Gasteiger charge is 2.20. The number of fused-ring (bicyclic) bond motifs is 1. The van der Waals surface area contributed by atoms with Crippen molar-refractivity contribution in [3.8, 4) is 5.75 Å². The van der Waals surface area contributed by atoms with Gasteiger partial charge in [0.05, 0.1) is 18.8 Å². The van der Waals surface area contributed by atoms with Gasteiger partial charge in [-0.1, -0.05) is 22.7 Å². The minimum atomic E-state index is 0.653. The number of aryl methyl sites for hydroxylation is 1. The van der Waals surface area contributed by atoms with Crippen LogP contribution in [0.1, 0.15) is 12.0 Å². The Morgan fingerprint density at radius 1 is 1.15 bits per heavy atom. The summed E-state index contributed by atoms with van der Waals surface area (Å²) in [6, 6.07) is 7.65. The van der Waals surface area contributed by atoms with E-state index >= 15 is 0 Å². The summed E-state index contributed by atoms with van der Waals surface area (Å²) in [6.45, 7) is 4.81. The first kappa shape index (κ1) is 17.7. The molecule has 0 N–H and O–H groups in total. The monoisotopic (exact) mass is 369 g/mol. The number of aromatic nitrogens is 3. The van der Waals surface area contributed by atoms with Crippen LogP contribution in [0, 0.1) is 0 Å². The van der Waals surface area contributed by atoms with Crippen LogP contribution < -0.4 is 9.64 Å². The van der Waals surface area contributed by atoms with E-state index in [2.05, 4.69) is 19.8 Å². The van der Waals surface area contributed by atoms with Crippen LogP contribution in [0.5, 0.6) is 5.75 Å². The van der Waals surface area contributed by atoms with Crippen LogP contribution >= 0.6 is 0 Å². The number of para-hydroxylation sites is 1. The zero-order chi connectivity index (χ0) is 18.6. The summed E-state index contributed by atoms with van der Waals surface area (Å²) in [5, 5.41) is 1.01. The van der Waals surface area contributed by atoms with Crippen molar-refractivity contribution in [3.63, 3.8) is 0 Å². The van der Waals surface area contributed by atoms with Gasteiger partial charge in [0.15, 0.2) is 11.6 Å². The van der Waals surface area contributed by atoms with Crippen molar-refractivity contribution in [2.24, 2.45) is 0 Å². The largest absolute Gasteiger partial charge is 0.491 e. The van der Waals surface area contributed by atoms with Gasteiger partial charge in [0.1, 0.15) is 6.33 Å². The number of hydrogen-bond donors (Lipinski definition) is 0. The van der Waals surface area contributed by atoms with E-state index in [4.69, 9.17) is 4.74 Å². The maximum Gasteiger partial charge on any atom is 0.179 e. The molecule has 1 aromatic carbocycles. The Labute approximate surface area is 158 Å². The Hall–Kier alpha value is -2.67. The Kier molecular flexibility index (Phi) is 5.20.